The van der Waals surface area contributed by atoms with Crippen LogP contribution in [0.1, 0.15) is 38.7 Å². The molecule has 0 spiro atoms. The van der Waals surface area contributed by atoms with Gasteiger partial charge >= 0.3 is 0 Å². The van der Waals surface area contributed by atoms with Crippen LogP contribution in [-0.4, -0.2) is 20.6 Å². The molecule has 0 aliphatic rings. The number of rotatable bonds is 8. The number of nitrogens with zero attached hydrogens (tertiary/aromatic N) is 1. The molecule has 0 saturated heterocycles. The summed E-state index contributed by atoms with van der Waals surface area (Å²) in [5, 5.41) is 3.09. The maximum Gasteiger partial charge on any atom is 0.252 e. The van der Waals surface area contributed by atoms with E-state index in [4.69, 9.17) is 0 Å². The molecule has 1 atom stereocenters. The molecule has 0 heterocycles. The van der Waals surface area contributed by atoms with Gasteiger partial charge in [-0.05, 0) is 48.4 Å². The molecule has 1 amide bonds. The van der Waals surface area contributed by atoms with Crippen molar-refractivity contribution in [3.05, 3.63) is 137 Å². The molecule has 0 fully saturated rings. The number of sulfonamides is 1. The van der Waals surface area contributed by atoms with Crippen LogP contribution in [0.5, 0.6) is 0 Å². The average Bonchev–Trinajstić information content (AvgIpc) is 2.87. The van der Waals surface area contributed by atoms with Crippen molar-refractivity contribution in [3.8, 4) is 0 Å². The van der Waals surface area contributed by atoms with E-state index < -0.39 is 15.8 Å². The van der Waals surface area contributed by atoms with Gasteiger partial charge in [0.25, 0.3) is 5.91 Å². The van der Waals surface area contributed by atoms with Gasteiger partial charge < -0.3 is 5.32 Å². The number of amides is 1. The zero-order chi connectivity index (χ0) is 25.7. The molecule has 0 bridgehead atoms. The summed E-state index contributed by atoms with van der Waals surface area (Å²) in [5.41, 5.74) is 4.00. The van der Waals surface area contributed by atoms with Gasteiger partial charge in [0.2, 0.25) is 10.0 Å². The quantitative estimate of drug-likeness (QED) is 0.340. The fourth-order valence-electron chi connectivity index (χ4n) is 3.94. The molecule has 4 rings (SSSR count). The highest BCUT2D eigenvalue weighted by molar-refractivity contribution is 7.92. The van der Waals surface area contributed by atoms with E-state index >= 15 is 0 Å². The number of nitrogens with one attached hydrogen (secondary N) is 1. The molecule has 0 saturated carbocycles. The first kappa shape index (κ1) is 25.1. The first-order valence-corrected chi connectivity index (χ1v) is 13.3. The largest absolute Gasteiger partial charge is 0.341 e. The third kappa shape index (κ3) is 5.98. The van der Waals surface area contributed by atoms with Crippen LogP contribution in [-0.2, 0) is 16.6 Å². The number of anilines is 1. The monoisotopic (exact) mass is 502 g/mol. The Morgan fingerprint density at radius 1 is 0.833 bits per heavy atom. The molecular weight excluding hydrogens is 475 g/mol. The second-order valence-corrected chi connectivity index (χ2v) is 10.5. The van der Waals surface area contributed by atoms with Crippen molar-refractivity contribution in [2.75, 3.05) is 10.6 Å². The zero-order valence-electron chi connectivity index (χ0n) is 20.1. The average molecular weight is 503 g/mol. The molecule has 4 aromatic carbocycles. The highest BCUT2D eigenvalue weighted by Crippen LogP contribution is 2.25. The summed E-state index contributed by atoms with van der Waals surface area (Å²) in [6.07, 6.45) is 1.07. The maximum absolute atomic E-state index is 14.2. The number of carbonyl (C=O) groups is 1. The van der Waals surface area contributed by atoms with Crippen LogP contribution >= 0.6 is 0 Å². The van der Waals surface area contributed by atoms with Crippen LogP contribution < -0.4 is 9.62 Å². The van der Waals surface area contributed by atoms with Gasteiger partial charge in [-0.15, -0.1) is 0 Å². The van der Waals surface area contributed by atoms with Crippen LogP contribution in [0.15, 0.2) is 103 Å². The van der Waals surface area contributed by atoms with Gasteiger partial charge in [0, 0.05) is 11.1 Å². The smallest absolute Gasteiger partial charge is 0.252 e. The topological polar surface area (TPSA) is 66.5 Å². The highest BCUT2D eigenvalue weighted by atomic mass is 32.2. The number of halogens is 1. The molecule has 7 heteroatoms. The van der Waals surface area contributed by atoms with Crippen molar-refractivity contribution in [1.29, 1.82) is 0 Å². The van der Waals surface area contributed by atoms with Gasteiger partial charge in [-0.25, -0.2) is 12.8 Å². The van der Waals surface area contributed by atoms with E-state index in [1.165, 1.54) is 6.07 Å². The zero-order valence-corrected chi connectivity index (χ0v) is 20.9. The molecule has 36 heavy (non-hydrogen) atoms. The van der Waals surface area contributed by atoms with E-state index in [1.54, 1.807) is 42.5 Å². The molecule has 0 unspecified atom stereocenters. The minimum absolute atomic E-state index is 0.152. The summed E-state index contributed by atoms with van der Waals surface area (Å²) in [5.74, 6) is -0.777. The predicted octanol–water partition coefficient (Wildman–Crippen LogP) is 5.62. The highest BCUT2D eigenvalue weighted by Gasteiger charge is 2.21. The number of benzene rings is 4. The summed E-state index contributed by atoms with van der Waals surface area (Å²) >= 11 is 0. The summed E-state index contributed by atoms with van der Waals surface area (Å²) in [6, 6.07) is 29.6. The van der Waals surface area contributed by atoms with Crippen LogP contribution in [0.4, 0.5) is 10.1 Å². The molecule has 0 radical (unpaired) electrons. The SMILES string of the molecule is Cc1ccc([C@H](NC(=O)c2ccc(N(Cc3ccccc3F)S(C)(=O)=O)cc2)c2ccccc2)cc1. The van der Waals surface area contributed by atoms with E-state index in [2.05, 4.69) is 5.32 Å². The van der Waals surface area contributed by atoms with E-state index in [0.29, 0.717) is 11.3 Å². The molecule has 0 aliphatic carbocycles. The lowest BCUT2D eigenvalue weighted by Crippen LogP contribution is -2.30. The summed E-state index contributed by atoms with van der Waals surface area (Å²) in [4.78, 5) is 13.2. The Morgan fingerprint density at radius 3 is 2.03 bits per heavy atom. The Balaban J connectivity index is 1.58. The molecule has 4 aromatic rings. The van der Waals surface area contributed by atoms with Gasteiger partial charge in [-0.3, -0.25) is 9.10 Å². The Bertz CT molecular complexity index is 1440. The second kappa shape index (κ2) is 10.7. The molecule has 184 valence electrons. The van der Waals surface area contributed by atoms with Crippen molar-refractivity contribution >= 4 is 21.6 Å². The Labute approximate surface area is 211 Å². The fraction of sp³-hybridized carbons (Fsp3) is 0.138. The summed E-state index contributed by atoms with van der Waals surface area (Å²) in [7, 11) is -3.69. The van der Waals surface area contributed by atoms with Crippen LogP contribution in [0.2, 0.25) is 0 Å². The van der Waals surface area contributed by atoms with Gasteiger partial charge in [0.1, 0.15) is 5.82 Å². The predicted molar refractivity (Wildman–Crippen MR) is 141 cm³/mol. The number of aryl methyl sites for hydroxylation is 1. The Kier molecular flexibility index (Phi) is 7.50. The third-order valence-electron chi connectivity index (χ3n) is 5.91. The minimum Gasteiger partial charge on any atom is -0.341 e. The molecule has 0 aromatic heterocycles. The standard InChI is InChI=1S/C29H27FN2O3S/c1-21-12-14-23(15-13-21)28(22-8-4-3-5-9-22)31-29(33)24-16-18-26(19-17-24)32(36(2,34)35)20-25-10-6-7-11-27(25)30/h3-19,28H,20H2,1-2H3,(H,31,33)/t28-/m1/s1. The molecule has 0 aliphatic heterocycles. The lowest BCUT2D eigenvalue weighted by molar-refractivity contribution is 0.0943. The lowest BCUT2D eigenvalue weighted by Gasteiger charge is -2.23. The van der Waals surface area contributed by atoms with Crippen molar-refractivity contribution in [2.45, 2.75) is 19.5 Å². The van der Waals surface area contributed by atoms with E-state index in [9.17, 15) is 17.6 Å². The number of carbonyl (C=O) groups excluding carboxylic acids is 1. The van der Waals surface area contributed by atoms with Crippen LogP contribution in [0.3, 0.4) is 0 Å². The van der Waals surface area contributed by atoms with Crippen molar-refractivity contribution in [3.63, 3.8) is 0 Å². The third-order valence-corrected chi connectivity index (χ3v) is 7.05. The van der Waals surface area contributed by atoms with E-state index in [-0.39, 0.29) is 24.1 Å². The number of hydrogen-bond donors (Lipinski definition) is 1. The second-order valence-electron chi connectivity index (χ2n) is 8.64. The van der Waals surface area contributed by atoms with Crippen molar-refractivity contribution < 1.29 is 17.6 Å². The molecule has 5 nitrogen and oxygen atoms in total. The lowest BCUT2D eigenvalue weighted by atomic mass is 9.97. The van der Waals surface area contributed by atoms with Gasteiger partial charge in [-0.2, -0.15) is 0 Å². The molecular formula is C29H27FN2O3S. The summed E-state index contributed by atoms with van der Waals surface area (Å²) in [6.45, 7) is 1.86. The van der Waals surface area contributed by atoms with Gasteiger partial charge in [0.15, 0.2) is 0 Å². The number of hydrogen-bond acceptors (Lipinski definition) is 3. The van der Waals surface area contributed by atoms with E-state index in [1.807, 2.05) is 61.5 Å². The summed E-state index contributed by atoms with van der Waals surface area (Å²) < 4.78 is 40.2. The molecule has 1 N–H and O–H groups in total. The van der Waals surface area contributed by atoms with Crippen molar-refractivity contribution in [1.82, 2.24) is 5.32 Å². The normalized spacial score (nSPS) is 12.1. The van der Waals surface area contributed by atoms with Gasteiger partial charge in [-0.1, -0.05) is 78.4 Å². The Morgan fingerprint density at radius 2 is 1.42 bits per heavy atom. The first-order valence-electron chi connectivity index (χ1n) is 11.5. The van der Waals surface area contributed by atoms with E-state index in [0.717, 1.165) is 27.3 Å². The van der Waals surface area contributed by atoms with Crippen molar-refractivity contribution in [2.24, 2.45) is 0 Å². The fourth-order valence-corrected chi connectivity index (χ4v) is 4.82. The van der Waals surface area contributed by atoms with Gasteiger partial charge in [0.05, 0.1) is 24.5 Å². The Hall–Kier alpha value is -3.97. The minimum atomic E-state index is -3.69. The maximum atomic E-state index is 14.2. The van der Waals surface area contributed by atoms with Crippen LogP contribution in [0, 0.1) is 12.7 Å². The first-order chi connectivity index (χ1) is 17.2. The van der Waals surface area contributed by atoms with Crippen LogP contribution in [0.25, 0.3) is 0 Å².